The SMILES string of the molecule is CC(C)(C)c1ccc2c(c1)C(c1ccc3ccc4ccc[c-]c4c3n1)(c1ccc3ccc4ccc[c-]c4c3n1)c1cc(C(C)(C)C)ccc1O2.[Pt+2]. The van der Waals surface area contributed by atoms with E-state index < -0.39 is 5.41 Å². The van der Waals surface area contributed by atoms with Gasteiger partial charge in [0.05, 0.1) is 11.4 Å². The average molecular weight is 842 g/mol. The largest absolute Gasteiger partial charge is 2.00 e. The van der Waals surface area contributed by atoms with Crippen LogP contribution in [0.1, 0.15) is 75.2 Å². The Hall–Kier alpha value is -4.85. The van der Waals surface area contributed by atoms with Crippen molar-refractivity contribution in [1.29, 1.82) is 0 Å². The van der Waals surface area contributed by atoms with Gasteiger partial charge < -0.3 is 4.74 Å². The van der Waals surface area contributed by atoms with Gasteiger partial charge in [-0.05, 0) is 80.2 Å². The third-order valence-corrected chi connectivity index (χ3v) is 10.5. The first-order chi connectivity index (χ1) is 24.0. The normalized spacial score (nSPS) is 13.8. The van der Waals surface area contributed by atoms with Crippen LogP contribution < -0.4 is 4.74 Å². The molecule has 3 heterocycles. The second-order valence-electron chi connectivity index (χ2n) is 15.7. The topological polar surface area (TPSA) is 35.0 Å². The monoisotopic (exact) mass is 841 g/mol. The molecule has 252 valence electrons. The molecule has 4 heteroatoms. The summed E-state index contributed by atoms with van der Waals surface area (Å²) in [4.78, 5) is 11.3. The molecular weight excluding hydrogens is 804 g/mol. The summed E-state index contributed by atoms with van der Waals surface area (Å²) in [6, 6.07) is 50.1. The fourth-order valence-electron chi connectivity index (χ4n) is 7.68. The Labute approximate surface area is 314 Å². The predicted molar refractivity (Wildman–Crippen MR) is 206 cm³/mol. The van der Waals surface area contributed by atoms with E-state index in [1.807, 2.05) is 24.3 Å². The van der Waals surface area contributed by atoms with Crippen molar-refractivity contribution in [3.63, 3.8) is 0 Å². The van der Waals surface area contributed by atoms with Gasteiger partial charge in [0.25, 0.3) is 0 Å². The summed E-state index contributed by atoms with van der Waals surface area (Å²) in [6.07, 6.45) is 0. The van der Waals surface area contributed by atoms with Crippen molar-refractivity contribution >= 4 is 43.4 Å². The molecule has 0 fully saturated rings. The molecule has 6 aromatic carbocycles. The molecule has 0 aliphatic carbocycles. The van der Waals surface area contributed by atoms with E-state index in [1.165, 1.54) is 11.1 Å². The van der Waals surface area contributed by atoms with Gasteiger partial charge in [-0.1, -0.05) is 90.1 Å². The number of rotatable bonds is 2. The van der Waals surface area contributed by atoms with Crippen molar-refractivity contribution in [3.05, 3.63) is 167 Å². The summed E-state index contributed by atoms with van der Waals surface area (Å²) in [5.74, 6) is 1.62. The standard InChI is InChI=1S/C47H38N2O.Pt/c1-45(2,3)33-21-23-39-37(27-33)47(38-28-34(46(4,5)6)22-24-40(38)50-39,41-25-19-31-17-15-29-11-7-9-13-35(29)43(31)48-41)42-26-20-32-18-16-30-12-8-10-14-36(30)44(32)49-42;/h7-12,15-28H,1-6H3;/q-2;+2. The molecule has 0 saturated heterocycles. The Bertz CT molecular complexity index is 2480. The van der Waals surface area contributed by atoms with Crippen molar-refractivity contribution in [2.45, 2.75) is 57.8 Å². The van der Waals surface area contributed by atoms with E-state index in [1.54, 1.807) is 0 Å². The summed E-state index contributed by atoms with van der Waals surface area (Å²) >= 11 is 0. The minimum absolute atomic E-state index is 0. The van der Waals surface area contributed by atoms with Gasteiger partial charge in [0.2, 0.25) is 0 Å². The predicted octanol–water partition coefficient (Wildman–Crippen LogP) is 11.8. The zero-order valence-corrected chi connectivity index (χ0v) is 31.9. The molecule has 51 heavy (non-hydrogen) atoms. The number of benzene rings is 6. The number of nitrogens with zero attached hydrogens (tertiary/aromatic N) is 2. The van der Waals surface area contributed by atoms with E-state index in [4.69, 9.17) is 14.7 Å². The Morgan fingerprint density at radius 3 is 1.35 bits per heavy atom. The Kier molecular flexibility index (Phi) is 7.74. The van der Waals surface area contributed by atoms with Gasteiger partial charge in [-0.3, -0.25) is 9.97 Å². The summed E-state index contributed by atoms with van der Waals surface area (Å²) < 4.78 is 6.86. The van der Waals surface area contributed by atoms with Gasteiger partial charge in [-0.15, -0.1) is 70.1 Å². The molecule has 9 rings (SSSR count). The van der Waals surface area contributed by atoms with Crippen LogP contribution in [0.25, 0.3) is 43.4 Å². The molecule has 1 aliphatic rings. The third kappa shape index (κ3) is 5.20. The quantitative estimate of drug-likeness (QED) is 0.128. The Morgan fingerprint density at radius 1 is 0.510 bits per heavy atom. The zero-order valence-electron chi connectivity index (χ0n) is 29.7. The van der Waals surface area contributed by atoms with Crippen molar-refractivity contribution < 1.29 is 25.8 Å². The summed E-state index contributed by atoms with van der Waals surface area (Å²) in [5, 5.41) is 6.39. The van der Waals surface area contributed by atoms with E-state index in [0.29, 0.717) is 0 Å². The van der Waals surface area contributed by atoms with Crippen LogP contribution in [0.3, 0.4) is 0 Å². The number of pyridine rings is 2. The van der Waals surface area contributed by atoms with E-state index in [2.05, 4.69) is 151 Å². The number of hydrogen-bond donors (Lipinski definition) is 0. The molecule has 3 nitrogen and oxygen atoms in total. The van der Waals surface area contributed by atoms with Gasteiger partial charge in [0.1, 0.15) is 16.9 Å². The number of fused-ring (bicyclic) bond motifs is 8. The first kappa shape index (κ1) is 33.3. The van der Waals surface area contributed by atoms with E-state index in [9.17, 15) is 0 Å². The van der Waals surface area contributed by atoms with Crippen molar-refractivity contribution in [1.82, 2.24) is 9.97 Å². The maximum Gasteiger partial charge on any atom is 2.00 e. The molecule has 0 saturated carbocycles. The van der Waals surface area contributed by atoms with Crippen LogP contribution >= 0.6 is 0 Å². The minimum atomic E-state index is -0.915. The summed E-state index contributed by atoms with van der Waals surface area (Å²) in [5.41, 5.74) is 7.05. The minimum Gasteiger partial charge on any atom is -0.457 e. The first-order valence-corrected chi connectivity index (χ1v) is 17.4. The van der Waals surface area contributed by atoms with Crippen LogP contribution in [0.5, 0.6) is 11.5 Å². The summed E-state index contributed by atoms with van der Waals surface area (Å²) in [6.45, 7) is 13.6. The molecule has 0 atom stereocenters. The van der Waals surface area contributed by atoms with Crippen molar-refractivity contribution in [2.24, 2.45) is 0 Å². The second-order valence-corrected chi connectivity index (χ2v) is 15.7. The molecule has 0 unspecified atom stereocenters. The van der Waals surface area contributed by atoms with Crippen LogP contribution in [0.2, 0.25) is 0 Å². The van der Waals surface area contributed by atoms with Gasteiger partial charge in [-0.2, -0.15) is 0 Å². The van der Waals surface area contributed by atoms with E-state index >= 15 is 0 Å². The average Bonchev–Trinajstić information content (AvgIpc) is 3.12. The maximum absolute atomic E-state index is 6.86. The maximum atomic E-state index is 6.86. The molecule has 0 amide bonds. The Morgan fingerprint density at radius 2 is 0.922 bits per heavy atom. The molecule has 0 bridgehead atoms. The van der Waals surface area contributed by atoms with Crippen LogP contribution in [-0.4, -0.2) is 9.97 Å². The molecule has 8 aromatic rings. The number of hydrogen-bond acceptors (Lipinski definition) is 3. The smallest absolute Gasteiger partial charge is 0.457 e. The number of ether oxygens (including phenoxy) is 1. The molecule has 1 aliphatic heterocycles. The van der Waals surface area contributed by atoms with Crippen molar-refractivity contribution in [3.8, 4) is 11.5 Å². The Balaban J connectivity index is 0.00000374. The van der Waals surface area contributed by atoms with Gasteiger partial charge in [0.15, 0.2) is 0 Å². The van der Waals surface area contributed by atoms with Crippen LogP contribution in [-0.2, 0) is 37.3 Å². The van der Waals surface area contributed by atoms with Gasteiger partial charge >= 0.3 is 21.1 Å². The third-order valence-electron chi connectivity index (χ3n) is 10.5. The molecule has 0 radical (unpaired) electrons. The molecule has 0 spiro atoms. The second kappa shape index (κ2) is 11.9. The molecule has 0 N–H and O–H groups in total. The number of aromatic nitrogens is 2. The fourth-order valence-corrected chi connectivity index (χ4v) is 7.68. The summed E-state index contributed by atoms with van der Waals surface area (Å²) in [7, 11) is 0. The molecular formula is C47H38N2OPt. The van der Waals surface area contributed by atoms with Crippen molar-refractivity contribution in [2.75, 3.05) is 0 Å². The van der Waals surface area contributed by atoms with Crippen LogP contribution in [0.15, 0.2) is 121 Å². The van der Waals surface area contributed by atoms with Crippen LogP contribution in [0.4, 0.5) is 0 Å². The van der Waals surface area contributed by atoms with Gasteiger partial charge in [0, 0.05) is 11.1 Å². The van der Waals surface area contributed by atoms with E-state index in [0.717, 1.165) is 77.4 Å². The van der Waals surface area contributed by atoms with Crippen LogP contribution in [0, 0.1) is 12.1 Å². The van der Waals surface area contributed by atoms with Gasteiger partial charge in [-0.25, -0.2) is 0 Å². The van der Waals surface area contributed by atoms with E-state index in [-0.39, 0.29) is 31.9 Å². The first-order valence-electron chi connectivity index (χ1n) is 17.4. The zero-order chi connectivity index (χ0) is 34.4. The molecule has 2 aromatic heterocycles. The fraction of sp³-hybridized carbons (Fsp3) is 0.191.